The molecule has 0 amide bonds. The van der Waals surface area contributed by atoms with E-state index in [0.717, 1.165) is 5.56 Å². The molecule has 0 aliphatic heterocycles. The van der Waals surface area contributed by atoms with Crippen molar-refractivity contribution in [1.82, 2.24) is 0 Å². The van der Waals surface area contributed by atoms with E-state index in [4.69, 9.17) is 10.3 Å². The maximum absolute atomic E-state index is 10.6. The number of thiol groups is 1. The Morgan fingerprint density at radius 1 is 1.29 bits per heavy atom. The Morgan fingerprint density at radius 2 is 1.88 bits per heavy atom. The molecule has 0 aliphatic carbocycles. The molecule has 2 unspecified atom stereocenters. The van der Waals surface area contributed by atoms with E-state index in [2.05, 4.69) is 12.6 Å². The van der Waals surface area contributed by atoms with Crippen molar-refractivity contribution < 1.29 is 13.0 Å². The highest BCUT2D eigenvalue weighted by Crippen LogP contribution is 2.12. The minimum absolute atomic E-state index is 0.126. The lowest BCUT2D eigenvalue weighted by Gasteiger charge is -2.18. The second kappa shape index (κ2) is 6.39. The van der Waals surface area contributed by atoms with E-state index in [9.17, 15) is 8.42 Å². The van der Waals surface area contributed by atoms with Crippen LogP contribution in [0.25, 0.3) is 0 Å². The zero-order valence-electron chi connectivity index (χ0n) is 9.36. The summed E-state index contributed by atoms with van der Waals surface area (Å²) in [5.74, 6) is -0.319. The first-order valence-electron chi connectivity index (χ1n) is 5.31. The summed E-state index contributed by atoms with van der Waals surface area (Å²) in [6.45, 7) is 0. The van der Waals surface area contributed by atoms with Crippen molar-refractivity contribution in [3.8, 4) is 0 Å². The van der Waals surface area contributed by atoms with E-state index < -0.39 is 10.1 Å². The van der Waals surface area contributed by atoms with E-state index in [-0.39, 0.29) is 23.5 Å². The molecule has 1 aromatic carbocycles. The summed E-state index contributed by atoms with van der Waals surface area (Å²) in [5.41, 5.74) is 6.93. The van der Waals surface area contributed by atoms with Crippen molar-refractivity contribution in [2.75, 3.05) is 5.75 Å². The molecule has 1 rings (SSSR count). The van der Waals surface area contributed by atoms with Crippen LogP contribution in [0.1, 0.15) is 12.0 Å². The zero-order valence-corrected chi connectivity index (χ0v) is 11.1. The average molecular weight is 275 g/mol. The second-order valence-electron chi connectivity index (χ2n) is 4.00. The Bertz CT molecular complexity index is 433. The van der Waals surface area contributed by atoms with Gasteiger partial charge in [0.05, 0.1) is 5.75 Å². The van der Waals surface area contributed by atoms with E-state index in [0.29, 0.717) is 6.42 Å². The highest BCUT2D eigenvalue weighted by atomic mass is 32.2. The molecule has 6 heteroatoms. The Morgan fingerprint density at radius 3 is 2.41 bits per heavy atom. The van der Waals surface area contributed by atoms with Crippen LogP contribution in [-0.4, -0.2) is 30.0 Å². The van der Waals surface area contributed by atoms with Crippen LogP contribution in [0.5, 0.6) is 0 Å². The first-order chi connectivity index (χ1) is 7.88. The molecule has 1 aromatic rings. The van der Waals surface area contributed by atoms with Crippen LogP contribution < -0.4 is 5.73 Å². The molecule has 0 bridgehead atoms. The second-order valence-corrected chi connectivity index (χ2v) is 6.23. The maximum atomic E-state index is 10.6. The van der Waals surface area contributed by atoms with E-state index >= 15 is 0 Å². The van der Waals surface area contributed by atoms with Gasteiger partial charge in [0.2, 0.25) is 0 Å². The summed E-state index contributed by atoms with van der Waals surface area (Å²) in [6, 6.07) is 9.37. The van der Waals surface area contributed by atoms with Gasteiger partial charge in [-0.3, -0.25) is 4.55 Å². The zero-order chi connectivity index (χ0) is 12.9. The van der Waals surface area contributed by atoms with Crippen LogP contribution in [0.15, 0.2) is 30.3 Å². The van der Waals surface area contributed by atoms with Gasteiger partial charge in [0.25, 0.3) is 10.1 Å². The van der Waals surface area contributed by atoms with Crippen molar-refractivity contribution in [1.29, 1.82) is 0 Å². The Balaban J connectivity index is 2.45. The fourth-order valence-corrected chi connectivity index (χ4v) is 2.41. The van der Waals surface area contributed by atoms with E-state index in [1.807, 2.05) is 30.3 Å². The van der Waals surface area contributed by atoms with E-state index in [1.165, 1.54) is 0 Å². The Labute approximate surface area is 107 Å². The molecule has 0 spiro atoms. The summed E-state index contributed by atoms with van der Waals surface area (Å²) in [4.78, 5) is 0. The molecule has 17 heavy (non-hydrogen) atoms. The molecule has 96 valence electrons. The standard InChI is InChI=1S/C11H17NO3S2/c12-10(6-7-17(13,14)15)11(16)8-9-4-2-1-3-5-9/h1-5,10-11,16H,6-8,12H2,(H,13,14,15). The summed E-state index contributed by atoms with van der Waals surface area (Å²) in [5, 5.41) is -0.126. The van der Waals surface area contributed by atoms with Crippen molar-refractivity contribution in [3.63, 3.8) is 0 Å². The topological polar surface area (TPSA) is 80.4 Å². The van der Waals surface area contributed by atoms with E-state index in [1.54, 1.807) is 0 Å². The number of nitrogens with two attached hydrogens (primary N) is 1. The van der Waals surface area contributed by atoms with Crippen molar-refractivity contribution in [3.05, 3.63) is 35.9 Å². The average Bonchev–Trinajstić information content (AvgIpc) is 2.26. The highest BCUT2D eigenvalue weighted by Gasteiger charge is 2.17. The van der Waals surface area contributed by atoms with Crippen molar-refractivity contribution in [2.45, 2.75) is 24.1 Å². The molecule has 3 N–H and O–H groups in total. The molecular weight excluding hydrogens is 258 g/mol. The quantitative estimate of drug-likeness (QED) is 0.537. The molecule has 4 nitrogen and oxygen atoms in total. The first kappa shape index (κ1) is 14.5. The van der Waals surface area contributed by atoms with Gasteiger partial charge >= 0.3 is 0 Å². The molecule has 0 radical (unpaired) electrons. The lowest BCUT2D eigenvalue weighted by atomic mass is 10.0. The van der Waals surface area contributed by atoms with Crippen LogP contribution in [0, 0.1) is 0 Å². The number of hydrogen-bond donors (Lipinski definition) is 3. The van der Waals surface area contributed by atoms with Gasteiger partial charge in [0.1, 0.15) is 0 Å². The molecular formula is C11H17NO3S2. The number of hydrogen-bond acceptors (Lipinski definition) is 4. The Hall–Kier alpha value is -0.560. The van der Waals surface area contributed by atoms with Crippen LogP contribution in [0.2, 0.25) is 0 Å². The first-order valence-corrected chi connectivity index (χ1v) is 7.44. The maximum Gasteiger partial charge on any atom is 0.264 e. The van der Waals surface area contributed by atoms with Crippen LogP contribution in [0.3, 0.4) is 0 Å². The fraction of sp³-hybridized carbons (Fsp3) is 0.455. The third-order valence-electron chi connectivity index (χ3n) is 2.49. The molecule has 0 heterocycles. The normalized spacial score (nSPS) is 15.5. The molecule has 0 saturated carbocycles. The highest BCUT2D eigenvalue weighted by molar-refractivity contribution is 7.85. The van der Waals surface area contributed by atoms with Gasteiger partial charge in [0.15, 0.2) is 0 Å². The van der Waals surface area contributed by atoms with Crippen molar-refractivity contribution in [2.24, 2.45) is 5.73 Å². The summed E-state index contributed by atoms with van der Waals surface area (Å²) in [7, 11) is -3.94. The minimum atomic E-state index is -3.94. The predicted molar refractivity (Wildman–Crippen MR) is 71.9 cm³/mol. The van der Waals surface area contributed by atoms with Crippen LogP contribution in [-0.2, 0) is 16.5 Å². The van der Waals surface area contributed by atoms with Crippen LogP contribution >= 0.6 is 12.6 Å². The smallest absolute Gasteiger partial charge is 0.264 e. The lowest BCUT2D eigenvalue weighted by molar-refractivity contribution is 0.475. The van der Waals surface area contributed by atoms with Gasteiger partial charge in [-0.15, -0.1) is 0 Å². The van der Waals surface area contributed by atoms with Gasteiger partial charge in [0, 0.05) is 11.3 Å². The molecule has 0 aliphatic rings. The summed E-state index contributed by atoms with van der Waals surface area (Å²) >= 11 is 4.36. The monoisotopic (exact) mass is 275 g/mol. The fourth-order valence-electron chi connectivity index (χ4n) is 1.48. The molecule has 0 saturated heterocycles. The Kier molecular flexibility index (Phi) is 5.45. The number of benzene rings is 1. The van der Waals surface area contributed by atoms with Gasteiger partial charge in [-0.25, -0.2) is 0 Å². The van der Waals surface area contributed by atoms with Gasteiger partial charge in [-0.1, -0.05) is 30.3 Å². The van der Waals surface area contributed by atoms with Crippen molar-refractivity contribution >= 4 is 22.7 Å². The minimum Gasteiger partial charge on any atom is -0.327 e. The van der Waals surface area contributed by atoms with Gasteiger partial charge in [-0.2, -0.15) is 21.0 Å². The van der Waals surface area contributed by atoms with Crippen LogP contribution in [0.4, 0.5) is 0 Å². The predicted octanol–water partition coefficient (Wildman–Crippen LogP) is 1.13. The van der Waals surface area contributed by atoms with Gasteiger partial charge < -0.3 is 5.73 Å². The molecule has 2 atom stereocenters. The third-order valence-corrected chi connectivity index (χ3v) is 3.81. The lowest BCUT2D eigenvalue weighted by Crippen LogP contribution is -2.34. The number of rotatable bonds is 6. The van der Waals surface area contributed by atoms with Gasteiger partial charge in [-0.05, 0) is 18.4 Å². The molecule has 0 fully saturated rings. The molecule has 0 aromatic heterocycles. The third kappa shape index (κ3) is 6.07. The largest absolute Gasteiger partial charge is 0.327 e. The summed E-state index contributed by atoms with van der Waals surface area (Å²) in [6.07, 6.45) is 0.885. The summed E-state index contributed by atoms with van der Waals surface area (Å²) < 4.78 is 29.8. The SMILES string of the molecule is NC(CCS(=O)(=O)O)C(S)Cc1ccccc1.